The lowest BCUT2D eigenvalue weighted by Crippen LogP contribution is -2.06. The fraction of sp³-hybridized carbons (Fsp3) is 0.167. The second-order valence-corrected chi connectivity index (χ2v) is 34.6. The Kier molecular flexibility index (Phi) is 24.2. The fourth-order valence-corrected chi connectivity index (χ4v) is 17.8. The zero-order chi connectivity index (χ0) is 94.9. The summed E-state index contributed by atoms with van der Waals surface area (Å²) < 4.78 is 186. The molecule has 5 aromatic heterocycles. The number of alkyl halides is 3. The average molecular weight is 2230 g/mol. The molecule has 0 spiro atoms. The molecule has 26 heteroatoms. The number of furan rings is 5. The SMILES string of the molecule is [2H]c1c(F)c([2H])c2c(C(=O)c3cc(Br)c(C)c(Br)c3)c(C(C)O)oc2c1[2H].[2H]c1c([2H])c([2H])c2c(C(=O)c3cc(Br)c(C)c(Br)c3)c(C(C)O)oc2c1[2H].[2H]c1cc([2H])c2c(C(=O)c3cc(Br)c(C)c(Br)c3)c(C(C)F)oc2c1.[2H]c1cc2oc(C(C)F)c(C(=O)c3cc(Br)c(C)c(Br)c3)c2cc1[2H].[2H]c1ccc2c(C(=O)c3cc(Br)c(C)c(Br)c3)c(C(C)F)oc2c1. The van der Waals surface area contributed by atoms with Gasteiger partial charge in [-0.1, -0.05) is 232 Å². The first-order valence-electron chi connectivity index (χ1n) is 40.5. The minimum Gasteiger partial charge on any atom is -0.458 e. The molecular weight excluding hydrogens is 2150 g/mol. The van der Waals surface area contributed by atoms with Crippen molar-refractivity contribution >= 4 is 243 Å². The van der Waals surface area contributed by atoms with Crippen LogP contribution in [0.2, 0.25) is 0 Å². The topological polar surface area (TPSA) is 192 Å². The second kappa shape index (κ2) is 38.0. The van der Waals surface area contributed by atoms with Crippen LogP contribution in [0.25, 0.3) is 54.8 Å². The maximum Gasteiger partial charge on any atom is 0.197 e. The van der Waals surface area contributed by atoms with Crippen molar-refractivity contribution in [2.75, 3.05) is 0 Å². The van der Waals surface area contributed by atoms with Gasteiger partial charge in [-0.25, -0.2) is 17.6 Å². The van der Waals surface area contributed by atoms with Crippen molar-refractivity contribution in [1.29, 1.82) is 0 Å². The smallest absolute Gasteiger partial charge is 0.197 e. The summed E-state index contributed by atoms with van der Waals surface area (Å²) in [6.07, 6.45) is -6.84. The van der Waals surface area contributed by atoms with Gasteiger partial charge < -0.3 is 32.3 Å². The molecule has 5 unspecified atom stereocenters. The van der Waals surface area contributed by atoms with Crippen LogP contribution < -0.4 is 0 Å². The molecule has 0 radical (unpaired) electrons. The maximum absolute atomic E-state index is 14.2. The van der Waals surface area contributed by atoms with Crippen LogP contribution in [0.1, 0.15) is 218 Å². The highest BCUT2D eigenvalue weighted by atomic mass is 79.9. The number of benzene rings is 10. The van der Waals surface area contributed by atoms with Crippen molar-refractivity contribution < 1.29 is 90.3 Å². The van der Waals surface area contributed by atoms with Crippen LogP contribution in [-0.4, -0.2) is 39.1 Å². The number of carbonyl (C=O) groups excluding carboxylic acids is 5. The lowest BCUT2D eigenvalue weighted by molar-refractivity contribution is 0.102. The molecule has 0 fully saturated rings. The molecule has 0 aliphatic heterocycles. The van der Waals surface area contributed by atoms with E-state index in [9.17, 15) is 51.7 Å². The van der Waals surface area contributed by atoms with Crippen LogP contribution in [0.4, 0.5) is 17.6 Å². The van der Waals surface area contributed by atoms with Gasteiger partial charge in [0, 0.05) is 99.5 Å². The average Bonchev–Trinajstić information content (AvgIpc) is 1.57. The predicted octanol–water partition coefficient (Wildman–Crippen LogP) is 30.8. The zero-order valence-corrected chi connectivity index (χ0v) is 77.8. The van der Waals surface area contributed by atoms with E-state index in [2.05, 4.69) is 159 Å². The number of hydrogen-bond acceptors (Lipinski definition) is 12. The molecule has 5 heterocycles. The Morgan fingerprint density at radius 2 is 0.586 bits per heavy atom. The van der Waals surface area contributed by atoms with Gasteiger partial charge in [-0.2, -0.15) is 0 Å². The molecule has 0 bridgehead atoms. The van der Waals surface area contributed by atoms with Crippen LogP contribution in [-0.2, 0) is 0 Å². The largest absolute Gasteiger partial charge is 0.458 e. The molecule has 2 N–H and O–H groups in total. The summed E-state index contributed by atoms with van der Waals surface area (Å²) in [6, 6.07) is 23.0. The molecular formula is C90H66Br10F4O12. The highest BCUT2D eigenvalue weighted by Gasteiger charge is 2.32. The normalized spacial score (nSPS) is 14.0. The molecule has 116 heavy (non-hydrogen) atoms. The van der Waals surface area contributed by atoms with E-state index in [1.54, 1.807) is 72.8 Å². The molecule has 12 nitrogen and oxygen atoms in total. The van der Waals surface area contributed by atoms with Gasteiger partial charge in [0.1, 0.15) is 74.7 Å². The number of halogens is 14. The number of para-hydroxylation sites is 4. The number of ketones is 5. The van der Waals surface area contributed by atoms with Gasteiger partial charge in [0.05, 0.1) is 44.3 Å². The third-order valence-corrected chi connectivity index (χ3v) is 26.3. The van der Waals surface area contributed by atoms with Gasteiger partial charge in [0.25, 0.3) is 0 Å². The molecule has 0 amide bonds. The molecule has 10 aromatic carbocycles. The van der Waals surface area contributed by atoms with Crippen LogP contribution in [0, 0.1) is 40.4 Å². The van der Waals surface area contributed by atoms with Gasteiger partial charge >= 0.3 is 0 Å². The quantitative estimate of drug-likeness (QED) is 0.0730. The van der Waals surface area contributed by atoms with Gasteiger partial charge in [-0.3, -0.25) is 24.0 Å². The van der Waals surface area contributed by atoms with E-state index in [0.29, 0.717) is 50.9 Å². The molecule has 0 saturated carbocycles. The third-order valence-electron chi connectivity index (χ3n) is 18.1. The number of carbonyl (C=O) groups is 5. The van der Waals surface area contributed by atoms with E-state index in [0.717, 1.165) is 54.7 Å². The first-order chi connectivity index (χ1) is 59.8. The standard InChI is InChI=1S/C18H13Br2FO3.3C18H13Br2FO2.C18H14Br2O3/c1-8-13(19)5-10(6-14(8)20)17(23)16-12-7-11(21)3-4-15(12)24-18(16)9(2)22;4*1-9-13(19)7-11(8-14(9)20)17(22)16-12-5-3-4-6-15(12)23-18(16)10(2)21/h3-7,9,22H,1-2H3;3*3-8,10H,1-2H3;3-8,10,21H,1-2H3/i3D,4D,7D;4D,5D;3D,4D;4D;3D,4D,5D,6D. The van der Waals surface area contributed by atoms with Crippen molar-refractivity contribution in [3.05, 3.63) is 338 Å². The molecule has 0 aliphatic rings. The Hall–Kier alpha value is -7.31. The van der Waals surface area contributed by atoms with Crippen LogP contribution in [0.15, 0.2) is 242 Å². The van der Waals surface area contributed by atoms with Gasteiger partial charge in [0.15, 0.2) is 47.4 Å². The van der Waals surface area contributed by atoms with Crippen LogP contribution in [0.5, 0.6) is 0 Å². The highest BCUT2D eigenvalue weighted by molar-refractivity contribution is 9.12. The Labute approximate surface area is 764 Å². The molecule has 5 atom stereocenters. The number of aliphatic hydroxyl groups is 2. The molecule has 15 aromatic rings. The van der Waals surface area contributed by atoms with E-state index in [1.807, 2.05) is 34.6 Å². The Bertz CT molecular complexity index is 6850. The van der Waals surface area contributed by atoms with Crippen molar-refractivity contribution in [3.63, 3.8) is 0 Å². The van der Waals surface area contributed by atoms with Crippen LogP contribution in [0.3, 0.4) is 0 Å². The summed E-state index contributed by atoms with van der Waals surface area (Å²) in [4.78, 5) is 65.7. The van der Waals surface area contributed by atoms with E-state index >= 15 is 0 Å². The van der Waals surface area contributed by atoms with E-state index in [4.69, 9.17) is 38.5 Å². The molecule has 596 valence electrons. The minimum atomic E-state index is -1.52. The Balaban J connectivity index is 0.000000155. The minimum absolute atomic E-state index is 0.00609. The molecule has 0 saturated heterocycles. The third kappa shape index (κ3) is 19.1. The monoisotopic (exact) mass is 2220 g/mol. The summed E-state index contributed by atoms with van der Waals surface area (Å²) in [5.41, 5.74) is 6.74. The summed E-state index contributed by atoms with van der Waals surface area (Å²) in [5.74, 6) is -3.91. The maximum atomic E-state index is 14.2. The zero-order valence-electron chi connectivity index (χ0n) is 74.0. The predicted molar refractivity (Wildman–Crippen MR) is 481 cm³/mol. The number of rotatable bonds is 15. The van der Waals surface area contributed by atoms with Crippen molar-refractivity contribution in [3.8, 4) is 0 Å². The lowest BCUT2D eigenvalue weighted by Gasteiger charge is -2.08. The summed E-state index contributed by atoms with van der Waals surface area (Å²) >= 11 is 34.0. The van der Waals surface area contributed by atoms with Crippen LogP contribution >= 0.6 is 159 Å². The molecule has 0 aliphatic carbocycles. The first-order valence-corrected chi connectivity index (χ1v) is 42.4. The first kappa shape index (κ1) is 73.8. The summed E-state index contributed by atoms with van der Waals surface area (Å²) in [5, 5.41) is 21.0. The Morgan fingerprint density at radius 1 is 0.319 bits per heavy atom. The van der Waals surface area contributed by atoms with E-state index in [1.165, 1.54) is 65.0 Å². The number of hydrogen-bond donors (Lipinski definition) is 2. The number of aliphatic hydroxyl groups excluding tert-OH is 2. The Morgan fingerprint density at radius 3 is 0.940 bits per heavy atom. The van der Waals surface area contributed by atoms with Gasteiger partial charge in [-0.05, 0) is 200 Å². The van der Waals surface area contributed by atoms with Gasteiger partial charge in [0.2, 0.25) is 0 Å². The van der Waals surface area contributed by atoms with Crippen molar-refractivity contribution in [1.82, 2.24) is 0 Å². The summed E-state index contributed by atoms with van der Waals surface area (Å²) in [6.45, 7) is 16.1. The molecule has 15 rings (SSSR count). The highest BCUT2D eigenvalue weighted by Crippen LogP contribution is 2.42. The fourth-order valence-electron chi connectivity index (χ4n) is 11.8. The number of fused-ring (bicyclic) bond motifs is 5. The van der Waals surface area contributed by atoms with E-state index < -0.39 is 95.9 Å². The van der Waals surface area contributed by atoms with Gasteiger partial charge in [-0.15, -0.1) is 0 Å². The summed E-state index contributed by atoms with van der Waals surface area (Å²) in [7, 11) is 0. The van der Waals surface area contributed by atoms with Crippen molar-refractivity contribution in [2.45, 2.75) is 100.0 Å². The van der Waals surface area contributed by atoms with E-state index in [-0.39, 0.29) is 148 Å². The van der Waals surface area contributed by atoms with Crippen molar-refractivity contribution in [2.24, 2.45) is 0 Å². The lowest BCUT2D eigenvalue weighted by atomic mass is 9.98. The second-order valence-electron chi connectivity index (χ2n) is 26.1.